The maximum absolute atomic E-state index is 12.2. The highest BCUT2D eigenvalue weighted by Gasteiger charge is 2.19. The third kappa shape index (κ3) is 5.30. The van der Waals surface area contributed by atoms with E-state index in [0.29, 0.717) is 0 Å². The van der Waals surface area contributed by atoms with E-state index in [1.807, 2.05) is 19.1 Å². The summed E-state index contributed by atoms with van der Waals surface area (Å²) in [7, 11) is 2.16. The monoisotopic (exact) mass is 318 g/mol. The van der Waals surface area contributed by atoms with Crippen molar-refractivity contribution in [1.29, 1.82) is 0 Å². The fraction of sp³-hybridized carbons (Fsp3) is 0.611. The van der Waals surface area contributed by atoms with Crippen molar-refractivity contribution >= 4 is 11.6 Å². The number of rotatable bonds is 6. The Labute approximate surface area is 139 Å². The lowest BCUT2D eigenvalue weighted by Gasteiger charge is -2.32. The van der Waals surface area contributed by atoms with Crippen molar-refractivity contribution in [3.05, 3.63) is 29.8 Å². The summed E-state index contributed by atoms with van der Waals surface area (Å²) in [5, 5.41) is 2.95. The molecular weight excluding hydrogens is 288 g/mol. The molecule has 0 aromatic heterocycles. The third-order valence-electron chi connectivity index (χ3n) is 4.76. The van der Waals surface area contributed by atoms with E-state index in [4.69, 9.17) is 5.73 Å². The molecule has 5 nitrogen and oxygen atoms in total. The number of carbonyl (C=O) groups is 1. The van der Waals surface area contributed by atoms with Crippen molar-refractivity contribution in [3.63, 3.8) is 0 Å². The Balaban J connectivity index is 1.93. The van der Waals surface area contributed by atoms with Crippen molar-refractivity contribution in [2.75, 3.05) is 38.5 Å². The number of hydrogen-bond donors (Lipinski definition) is 2. The van der Waals surface area contributed by atoms with E-state index in [1.54, 1.807) is 0 Å². The average molecular weight is 318 g/mol. The minimum Gasteiger partial charge on any atom is -0.325 e. The van der Waals surface area contributed by atoms with E-state index in [-0.39, 0.29) is 11.8 Å². The average Bonchev–Trinajstić information content (AvgIpc) is 2.56. The highest BCUT2D eigenvalue weighted by Crippen LogP contribution is 2.15. The fourth-order valence-electron chi connectivity index (χ4n) is 2.75. The molecule has 0 bridgehead atoms. The number of likely N-dealkylation sites (N-methyl/N-ethyl adjacent to an activating group) is 1. The van der Waals surface area contributed by atoms with Crippen LogP contribution in [-0.2, 0) is 11.3 Å². The molecule has 2 unspecified atom stereocenters. The van der Waals surface area contributed by atoms with Gasteiger partial charge in [-0.25, -0.2) is 0 Å². The number of nitrogens with two attached hydrogens (primary N) is 1. The van der Waals surface area contributed by atoms with E-state index in [1.165, 1.54) is 5.56 Å². The standard InChI is InChI=1S/C18H30N4O/c1-4-14(2)17(19)18(23)20-16-7-5-6-15(12-16)13-22-10-8-21(3)9-11-22/h5-7,12,14,17H,4,8-11,13,19H2,1-3H3,(H,20,23). The lowest BCUT2D eigenvalue weighted by molar-refractivity contribution is -0.118. The first-order chi connectivity index (χ1) is 11.0. The minimum absolute atomic E-state index is 0.101. The second-order valence-electron chi connectivity index (χ2n) is 6.68. The molecule has 1 amide bonds. The Morgan fingerprint density at radius 1 is 1.30 bits per heavy atom. The van der Waals surface area contributed by atoms with E-state index in [2.05, 4.69) is 41.2 Å². The first-order valence-corrected chi connectivity index (χ1v) is 8.56. The molecule has 128 valence electrons. The molecule has 0 radical (unpaired) electrons. The van der Waals surface area contributed by atoms with Gasteiger partial charge in [0.2, 0.25) is 5.91 Å². The molecule has 0 aliphatic carbocycles. The molecule has 1 aliphatic rings. The molecule has 1 aromatic carbocycles. The molecule has 23 heavy (non-hydrogen) atoms. The summed E-state index contributed by atoms with van der Waals surface area (Å²) < 4.78 is 0. The summed E-state index contributed by atoms with van der Waals surface area (Å²) in [5.41, 5.74) is 8.05. The summed E-state index contributed by atoms with van der Waals surface area (Å²) in [6, 6.07) is 7.63. The molecule has 1 saturated heterocycles. The predicted octanol–water partition coefficient (Wildman–Crippen LogP) is 1.75. The van der Waals surface area contributed by atoms with Gasteiger partial charge in [0.1, 0.15) is 0 Å². The topological polar surface area (TPSA) is 61.6 Å². The number of hydrogen-bond acceptors (Lipinski definition) is 4. The van der Waals surface area contributed by atoms with Crippen LogP contribution in [-0.4, -0.2) is 55.0 Å². The zero-order valence-electron chi connectivity index (χ0n) is 14.6. The number of carbonyl (C=O) groups excluding carboxylic acids is 1. The van der Waals surface area contributed by atoms with E-state index in [0.717, 1.165) is 44.8 Å². The number of nitrogens with one attached hydrogen (secondary N) is 1. The molecule has 2 atom stereocenters. The van der Waals surface area contributed by atoms with Crippen LogP contribution in [0.25, 0.3) is 0 Å². The van der Waals surface area contributed by atoms with Gasteiger partial charge in [0, 0.05) is 38.4 Å². The number of anilines is 1. The molecule has 5 heteroatoms. The van der Waals surface area contributed by atoms with Gasteiger partial charge in [-0.05, 0) is 30.7 Å². The van der Waals surface area contributed by atoms with Crippen LogP contribution in [0.5, 0.6) is 0 Å². The molecule has 1 fully saturated rings. The van der Waals surface area contributed by atoms with Gasteiger partial charge in [-0.1, -0.05) is 32.4 Å². The Kier molecular flexibility index (Phi) is 6.57. The third-order valence-corrected chi connectivity index (χ3v) is 4.76. The van der Waals surface area contributed by atoms with Crippen LogP contribution < -0.4 is 11.1 Å². The molecular formula is C18H30N4O. The van der Waals surface area contributed by atoms with Crippen molar-refractivity contribution < 1.29 is 4.79 Å². The Bertz CT molecular complexity index is 511. The van der Waals surface area contributed by atoms with Crippen molar-refractivity contribution in [2.24, 2.45) is 11.7 Å². The molecule has 3 N–H and O–H groups in total. The van der Waals surface area contributed by atoms with Crippen LogP contribution in [0.4, 0.5) is 5.69 Å². The van der Waals surface area contributed by atoms with Gasteiger partial charge in [-0.2, -0.15) is 0 Å². The van der Waals surface area contributed by atoms with E-state index in [9.17, 15) is 4.79 Å². The summed E-state index contributed by atoms with van der Waals surface area (Å²) >= 11 is 0. The van der Waals surface area contributed by atoms with E-state index < -0.39 is 6.04 Å². The fourth-order valence-corrected chi connectivity index (χ4v) is 2.75. The second kappa shape index (κ2) is 8.43. The molecule has 1 aromatic rings. The van der Waals surface area contributed by atoms with Crippen LogP contribution in [0.1, 0.15) is 25.8 Å². The summed E-state index contributed by atoms with van der Waals surface area (Å²) in [4.78, 5) is 17.0. The van der Waals surface area contributed by atoms with Crippen LogP contribution in [0.2, 0.25) is 0 Å². The molecule has 0 spiro atoms. The first kappa shape index (κ1) is 17.9. The normalized spacial score (nSPS) is 19.3. The molecule has 2 rings (SSSR count). The molecule has 1 heterocycles. The number of benzene rings is 1. The van der Waals surface area contributed by atoms with Gasteiger partial charge in [-0.15, -0.1) is 0 Å². The number of nitrogens with zero attached hydrogens (tertiary/aromatic N) is 2. The van der Waals surface area contributed by atoms with Crippen LogP contribution in [0.15, 0.2) is 24.3 Å². The number of piperazine rings is 1. The van der Waals surface area contributed by atoms with Gasteiger partial charge in [0.05, 0.1) is 6.04 Å². The lowest BCUT2D eigenvalue weighted by atomic mass is 9.99. The van der Waals surface area contributed by atoms with Gasteiger partial charge in [0.15, 0.2) is 0 Å². The van der Waals surface area contributed by atoms with Crippen LogP contribution in [0, 0.1) is 5.92 Å². The summed E-state index contributed by atoms with van der Waals surface area (Å²) in [5.74, 6) is 0.0830. The zero-order valence-corrected chi connectivity index (χ0v) is 14.6. The van der Waals surface area contributed by atoms with E-state index >= 15 is 0 Å². The van der Waals surface area contributed by atoms with Crippen molar-refractivity contribution in [3.8, 4) is 0 Å². The van der Waals surface area contributed by atoms with Gasteiger partial charge in [-0.3, -0.25) is 9.69 Å². The minimum atomic E-state index is -0.457. The smallest absolute Gasteiger partial charge is 0.241 e. The number of amides is 1. The maximum Gasteiger partial charge on any atom is 0.241 e. The van der Waals surface area contributed by atoms with Crippen molar-refractivity contribution in [2.45, 2.75) is 32.9 Å². The SMILES string of the molecule is CCC(C)C(N)C(=O)Nc1cccc(CN2CCN(C)CC2)c1. The largest absolute Gasteiger partial charge is 0.325 e. The molecule has 1 aliphatic heterocycles. The summed E-state index contributed by atoms with van der Waals surface area (Å²) in [6.45, 7) is 9.38. The highest BCUT2D eigenvalue weighted by atomic mass is 16.2. The Morgan fingerprint density at radius 3 is 2.65 bits per heavy atom. The van der Waals surface area contributed by atoms with Crippen LogP contribution >= 0.6 is 0 Å². The van der Waals surface area contributed by atoms with Gasteiger partial charge in [0.25, 0.3) is 0 Å². The van der Waals surface area contributed by atoms with Gasteiger partial charge >= 0.3 is 0 Å². The second-order valence-corrected chi connectivity index (χ2v) is 6.68. The van der Waals surface area contributed by atoms with Crippen molar-refractivity contribution in [1.82, 2.24) is 9.80 Å². The Morgan fingerprint density at radius 2 is 2.00 bits per heavy atom. The maximum atomic E-state index is 12.2. The first-order valence-electron chi connectivity index (χ1n) is 8.56. The lowest BCUT2D eigenvalue weighted by Crippen LogP contribution is -2.43. The Hall–Kier alpha value is -1.43. The predicted molar refractivity (Wildman–Crippen MR) is 95.3 cm³/mol. The quantitative estimate of drug-likeness (QED) is 0.839. The summed E-state index contributed by atoms with van der Waals surface area (Å²) in [6.07, 6.45) is 0.901. The molecule has 0 saturated carbocycles. The van der Waals surface area contributed by atoms with Crippen LogP contribution in [0.3, 0.4) is 0 Å². The zero-order chi connectivity index (χ0) is 16.8. The van der Waals surface area contributed by atoms with Gasteiger partial charge < -0.3 is 16.0 Å². The highest BCUT2D eigenvalue weighted by molar-refractivity contribution is 5.94.